The number of halogens is 2. The number of ether oxygens (including phenoxy) is 2. The molecule has 2 fully saturated rings. The third-order valence-corrected chi connectivity index (χ3v) is 7.69. The van der Waals surface area contributed by atoms with Crippen molar-refractivity contribution in [3.63, 3.8) is 0 Å². The Kier molecular flexibility index (Phi) is 8.58. The molecular weight excluding hydrogens is 509 g/mol. The highest BCUT2D eigenvalue weighted by atomic mass is 35.5. The van der Waals surface area contributed by atoms with E-state index in [1.54, 1.807) is 23.9 Å². The summed E-state index contributed by atoms with van der Waals surface area (Å²) in [5, 5.41) is 11.4. The molecule has 202 valence electrons. The SMILES string of the molecule is COCCN1CC(NC(=O)Nc2c(Cl)c(C3CCOCC3)nn2-c2ccccc2)C(c2ccc(F)cc2)C1. The molecule has 0 spiro atoms. The summed E-state index contributed by atoms with van der Waals surface area (Å²) in [4.78, 5) is 15.6. The van der Waals surface area contributed by atoms with E-state index in [0.717, 1.165) is 42.9 Å². The monoisotopic (exact) mass is 541 g/mol. The van der Waals surface area contributed by atoms with Gasteiger partial charge in [0.2, 0.25) is 0 Å². The maximum absolute atomic E-state index is 13.6. The van der Waals surface area contributed by atoms with E-state index < -0.39 is 0 Å². The summed E-state index contributed by atoms with van der Waals surface area (Å²) >= 11 is 6.87. The minimum Gasteiger partial charge on any atom is -0.383 e. The van der Waals surface area contributed by atoms with Gasteiger partial charge in [-0.15, -0.1) is 0 Å². The Morgan fingerprint density at radius 2 is 1.87 bits per heavy atom. The van der Waals surface area contributed by atoms with Gasteiger partial charge in [0.1, 0.15) is 10.8 Å². The number of likely N-dealkylation sites (tertiary alicyclic amines) is 1. The first kappa shape index (κ1) is 26.6. The number of benzene rings is 2. The summed E-state index contributed by atoms with van der Waals surface area (Å²) in [6, 6.07) is 15.6. The molecule has 0 aliphatic carbocycles. The average molecular weight is 542 g/mol. The first-order valence-electron chi connectivity index (χ1n) is 13.0. The van der Waals surface area contributed by atoms with E-state index in [2.05, 4.69) is 15.5 Å². The molecule has 2 unspecified atom stereocenters. The molecule has 5 rings (SSSR count). The van der Waals surface area contributed by atoms with Gasteiger partial charge in [-0.3, -0.25) is 10.2 Å². The number of aromatic nitrogens is 2. The van der Waals surface area contributed by atoms with Gasteiger partial charge >= 0.3 is 6.03 Å². The molecule has 2 atom stereocenters. The number of carbonyl (C=O) groups excluding carboxylic acids is 1. The number of rotatable bonds is 8. The summed E-state index contributed by atoms with van der Waals surface area (Å²) in [6.45, 7) is 4.04. The van der Waals surface area contributed by atoms with E-state index in [1.807, 2.05) is 30.3 Å². The van der Waals surface area contributed by atoms with Crippen molar-refractivity contribution in [3.05, 3.63) is 76.7 Å². The Balaban J connectivity index is 1.38. The molecule has 0 radical (unpaired) electrons. The van der Waals surface area contributed by atoms with Crippen molar-refractivity contribution in [2.75, 3.05) is 51.9 Å². The minimum atomic E-state index is -0.367. The van der Waals surface area contributed by atoms with Crippen molar-refractivity contribution in [2.24, 2.45) is 0 Å². The Bertz CT molecular complexity index is 1220. The fourth-order valence-corrected chi connectivity index (χ4v) is 5.63. The van der Waals surface area contributed by atoms with E-state index in [0.29, 0.717) is 37.2 Å². The Morgan fingerprint density at radius 1 is 1.13 bits per heavy atom. The van der Waals surface area contributed by atoms with Crippen LogP contribution in [0.1, 0.15) is 35.9 Å². The van der Waals surface area contributed by atoms with Gasteiger partial charge in [0.25, 0.3) is 0 Å². The third kappa shape index (κ3) is 6.02. The van der Waals surface area contributed by atoms with Gasteiger partial charge in [-0.2, -0.15) is 5.10 Å². The Morgan fingerprint density at radius 3 is 2.58 bits per heavy atom. The van der Waals surface area contributed by atoms with Crippen molar-refractivity contribution in [2.45, 2.75) is 30.7 Å². The number of hydrogen-bond donors (Lipinski definition) is 2. The summed E-state index contributed by atoms with van der Waals surface area (Å²) in [5.74, 6) is 0.321. The number of urea groups is 1. The molecule has 3 heterocycles. The predicted octanol–water partition coefficient (Wildman–Crippen LogP) is 4.79. The van der Waals surface area contributed by atoms with Crippen molar-refractivity contribution in [1.82, 2.24) is 20.0 Å². The summed E-state index contributed by atoms with van der Waals surface area (Å²) in [7, 11) is 1.67. The molecule has 3 aromatic rings. The van der Waals surface area contributed by atoms with Crippen LogP contribution in [0.15, 0.2) is 54.6 Å². The lowest BCUT2D eigenvalue weighted by Crippen LogP contribution is -2.42. The van der Waals surface area contributed by atoms with Crippen LogP contribution in [0.4, 0.5) is 15.0 Å². The van der Waals surface area contributed by atoms with Crippen LogP contribution >= 0.6 is 11.6 Å². The van der Waals surface area contributed by atoms with E-state index >= 15 is 0 Å². The van der Waals surface area contributed by atoms with Crippen molar-refractivity contribution in [1.29, 1.82) is 0 Å². The number of methoxy groups -OCH3 is 1. The normalized spacial score (nSPS) is 20.5. The van der Waals surface area contributed by atoms with Gasteiger partial charge in [-0.1, -0.05) is 41.9 Å². The molecule has 8 nitrogen and oxygen atoms in total. The number of nitrogens with zero attached hydrogens (tertiary/aromatic N) is 3. The van der Waals surface area contributed by atoms with Crippen LogP contribution in [-0.2, 0) is 9.47 Å². The van der Waals surface area contributed by atoms with Crippen molar-refractivity contribution >= 4 is 23.4 Å². The van der Waals surface area contributed by atoms with Crippen molar-refractivity contribution in [3.8, 4) is 5.69 Å². The molecule has 1 aromatic heterocycles. The average Bonchev–Trinajstić information content (AvgIpc) is 3.49. The lowest BCUT2D eigenvalue weighted by atomic mass is 9.94. The molecular formula is C28H33ClFN5O3. The highest BCUT2D eigenvalue weighted by molar-refractivity contribution is 6.34. The lowest BCUT2D eigenvalue weighted by molar-refractivity contribution is 0.0844. The van der Waals surface area contributed by atoms with Crippen LogP contribution in [-0.4, -0.2) is 73.3 Å². The van der Waals surface area contributed by atoms with E-state index in [4.69, 9.17) is 26.2 Å². The molecule has 2 aliphatic rings. The van der Waals surface area contributed by atoms with Gasteiger partial charge in [0.15, 0.2) is 5.82 Å². The van der Waals surface area contributed by atoms with Crippen LogP contribution in [0.5, 0.6) is 0 Å². The van der Waals surface area contributed by atoms with Crippen LogP contribution < -0.4 is 10.6 Å². The fourth-order valence-electron chi connectivity index (χ4n) is 5.31. The number of amides is 2. The van der Waals surface area contributed by atoms with Crippen molar-refractivity contribution < 1.29 is 18.7 Å². The first-order valence-corrected chi connectivity index (χ1v) is 13.4. The molecule has 10 heteroatoms. The molecule has 38 heavy (non-hydrogen) atoms. The third-order valence-electron chi connectivity index (χ3n) is 7.31. The topological polar surface area (TPSA) is 80.7 Å². The molecule has 2 saturated heterocycles. The second kappa shape index (κ2) is 12.3. The lowest BCUT2D eigenvalue weighted by Gasteiger charge is -2.21. The van der Waals surface area contributed by atoms with Gasteiger partial charge in [-0.05, 0) is 42.7 Å². The molecule has 0 saturated carbocycles. The van der Waals surface area contributed by atoms with Gasteiger partial charge in [-0.25, -0.2) is 13.9 Å². The van der Waals surface area contributed by atoms with E-state index in [1.165, 1.54) is 12.1 Å². The van der Waals surface area contributed by atoms with E-state index in [9.17, 15) is 9.18 Å². The van der Waals surface area contributed by atoms with Crippen LogP contribution in [0.25, 0.3) is 5.69 Å². The first-order chi connectivity index (χ1) is 18.5. The highest BCUT2D eigenvalue weighted by Crippen LogP contribution is 2.37. The van der Waals surface area contributed by atoms with Crippen LogP contribution in [0, 0.1) is 5.82 Å². The molecule has 0 bridgehead atoms. The smallest absolute Gasteiger partial charge is 0.320 e. The fraction of sp³-hybridized carbons (Fsp3) is 0.429. The largest absolute Gasteiger partial charge is 0.383 e. The number of carbonyl (C=O) groups is 1. The quantitative estimate of drug-likeness (QED) is 0.428. The highest BCUT2D eigenvalue weighted by Gasteiger charge is 2.35. The predicted molar refractivity (Wildman–Crippen MR) is 145 cm³/mol. The molecule has 2 aromatic carbocycles. The van der Waals surface area contributed by atoms with E-state index in [-0.39, 0.29) is 29.7 Å². The zero-order chi connectivity index (χ0) is 26.5. The second-order valence-corrected chi connectivity index (χ2v) is 10.2. The van der Waals surface area contributed by atoms with Crippen LogP contribution in [0.3, 0.4) is 0 Å². The minimum absolute atomic E-state index is 0.00510. The summed E-state index contributed by atoms with van der Waals surface area (Å²) < 4.78 is 26.1. The Hall–Kier alpha value is -2.98. The standard InChI is InChI=1S/C28H33ClFN5O3/c1-37-16-13-34-17-23(19-7-9-21(30)10-8-19)24(18-34)31-28(36)32-27-25(29)26(20-11-14-38-15-12-20)33-35(27)22-5-3-2-4-6-22/h2-10,20,23-24H,11-18H2,1H3,(H2,31,32,36). The zero-order valence-electron chi connectivity index (χ0n) is 21.4. The number of nitrogens with one attached hydrogen (secondary N) is 2. The maximum atomic E-state index is 13.6. The van der Waals surface area contributed by atoms with Gasteiger partial charge in [0, 0.05) is 51.8 Å². The zero-order valence-corrected chi connectivity index (χ0v) is 22.2. The number of para-hydroxylation sites is 1. The summed E-state index contributed by atoms with van der Waals surface area (Å²) in [6.07, 6.45) is 1.66. The molecule has 2 amide bonds. The van der Waals surface area contributed by atoms with Gasteiger partial charge in [0.05, 0.1) is 24.0 Å². The molecule has 2 aliphatic heterocycles. The second-order valence-electron chi connectivity index (χ2n) is 9.80. The number of anilines is 1. The maximum Gasteiger partial charge on any atom is 0.320 e. The van der Waals surface area contributed by atoms with Crippen LogP contribution in [0.2, 0.25) is 5.02 Å². The van der Waals surface area contributed by atoms with Gasteiger partial charge < -0.3 is 14.8 Å². The molecule has 2 N–H and O–H groups in total. The Labute approximate surface area is 227 Å². The summed E-state index contributed by atoms with van der Waals surface area (Å²) in [5.41, 5.74) is 2.55. The number of hydrogen-bond acceptors (Lipinski definition) is 5.